The predicted molar refractivity (Wildman–Crippen MR) is 172 cm³/mol. The van der Waals surface area contributed by atoms with Gasteiger partial charge in [0.2, 0.25) is 5.91 Å². The molecule has 0 fully saturated rings. The number of rotatable bonds is 12. The van der Waals surface area contributed by atoms with E-state index in [1.165, 1.54) is 12.1 Å². The Morgan fingerprint density at radius 1 is 0.932 bits per heavy atom. The van der Waals surface area contributed by atoms with Gasteiger partial charge in [-0.15, -0.1) is 0 Å². The van der Waals surface area contributed by atoms with Crippen LogP contribution < -0.4 is 15.4 Å². The number of unbranched alkanes of at least 4 members (excludes halogenated alkanes) is 1. The number of nitrogens with one attached hydrogen (secondary N) is 2. The molecule has 0 saturated carbocycles. The van der Waals surface area contributed by atoms with E-state index in [4.69, 9.17) is 9.47 Å². The van der Waals surface area contributed by atoms with E-state index >= 15 is 0 Å². The van der Waals surface area contributed by atoms with Gasteiger partial charge in [-0.05, 0) is 99.7 Å². The van der Waals surface area contributed by atoms with E-state index in [-0.39, 0.29) is 24.6 Å². The molecule has 0 spiro atoms. The van der Waals surface area contributed by atoms with Crippen molar-refractivity contribution in [3.05, 3.63) is 89.0 Å². The van der Waals surface area contributed by atoms with E-state index in [9.17, 15) is 19.5 Å². The Hall–Kier alpha value is -4.53. The van der Waals surface area contributed by atoms with Crippen molar-refractivity contribution in [2.75, 3.05) is 19.0 Å². The fraction of sp³-hybridized carbons (Fsp3) is 0.400. The summed E-state index contributed by atoms with van der Waals surface area (Å²) >= 11 is 0. The van der Waals surface area contributed by atoms with Crippen molar-refractivity contribution in [1.82, 2.24) is 10.2 Å². The molecule has 0 radical (unpaired) electrons. The molecule has 3 aromatic rings. The molecule has 3 amide bonds. The van der Waals surface area contributed by atoms with Crippen LogP contribution in [-0.2, 0) is 20.7 Å². The summed E-state index contributed by atoms with van der Waals surface area (Å²) in [6.45, 7) is 11.4. The zero-order valence-electron chi connectivity index (χ0n) is 26.8. The molecule has 0 aliphatic carbocycles. The van der Waals surface area contributed by atoms with Gasteiger partial charge in [0.05, 0.1) is 7.11 Å². The van der Waals surface area contributed by atoms with Gasteiger partial charge in [0, 0.05) is 18.7 Å². The second-order valence-electron chi connectivity index (χ2n) is 11.9. The molecule has 3 rings (SSSR count). The van der Waals surface area contributed by atoms with Crippen molar-refractivity contribution >= 4 is 23.6 Å². The first kappa shape index (κ1) is 34.0. The number of aryl methyl sites for hydroxylation is 2. The highest BCUT2D eigenvalue weighted by atomic mass is 16.6. The standard InChI is InChI=1S/C35H45N3O6/c1-8-9-21-38(33(41)29(37-34(42)44-35(4,5)6)22-25-13-17-27(39)18-14-25)31(30-23(2)11-10-12-24(30)3)32(40)36-26-15-19-28(43-7)20-16-26/h10-20,29,31,39H,8-9,21-22H2,1-7H3,(H,36,40)(H,37,42). The molecule has 0 aromatic heterocycles. The Morgan fingerprint density at radius 3 is 2.09 bits per heavy atom. The third kappa shape index (κ3) is 9.49. The van der Waals surface area contributed by atoms with E-state index < -0.39 is 29.7 Å². The number of carbonyl (C=O) groups is 3. The topological polar surface area (TPSA) is 117 Å². The number of anilines is 1. The number of phenolic OH excluding ortho intramolecular Hbond substituents is 1. The Kier molecular flexibility index (Phi) is 11.8. The maximum atomic E-state index is 14.6. The second-order valence-corrected chi connectivity index (χ2v) is 11.9. The van der Waals surface area contributed by atoms with Crippen LogP contribution in [0.5, 0.6) is 11.5 Å². The minimum atomic E-state index is -1.05. The molecule has 2 atom stereocenters. The molecule has 0 heterocycles. The SMILES string of the molecule is CCCCN(C(=O)C(Cc1ccc(O)cc1)NC(=O)OC(C)(C)C)C(C(=O)Nc1ccc(OC)cc1)c1c(C)cccc1C. The Morgan fingerprint density at radius 2 is 1.55 bits per heavy atom. The molecular formula is C35H45N3O6. The number of nitrogens with zero attached hydrogens (tertiary/aromatic N) is 1. The lowest BCUT2D eigenvalue weighted by atomic mass is 9.93. The zero-order valence-corrected chi connectivity index (χ0v) is 26.8. The van der Waals surface area contributed by atoms with E-state index in [2.05, 4.69) is 10.6 Å². The van der Waals surface area contributed by atoms with Crippen molar-refractivity contribution in [2.45, 2.75) is 78.5 Å². The molecule has 3 aromatic carbocycles. The highest BCUT2D eigenvalue weighted by Crippen LogP contribution is 2.31. The molecule has 9 heteroatoms. The molecule has 2 unspecified atom stereocenters. The Labute approximate surface area is 260 Å². The minimum absolute atomic E-state index is 0.0894. The summed E-state index contributed by atoms with van der Waals surface area (Å²) in [5, 5.41) is 15.6. The first-order valence-corrected chi connectivity index (χ1v) is 14.9. The third-order valence-corrected chi connectivity index (χ3v) is 7.13. The number of methoxy groups -OCH3 is 1. The number of ether oxygens (including phenoxy) is 2. The van der Waals surface area contributed by atoms with Crippen LogP contribution in [0.15, 0.2) is 66.7 Å². The normalized spacial score (nSPS) is 12.5. The molecule has 3 N–H and O–H groups in total. The van der Waals surface area contributed by atoms with Crippen LogP contribution in [0.25, 0.3) is 0 Å². The maximum absolute atomic E-state index is 14.6. The van der Waals surface area contributed by atoms with Gasteiger partial charge in [-0.25, -0.2) is 4.79 Å². The van der Waals surface area contributed by atoms with Crippen LogP contribution in [0.1, 0.15) is 68.8 Å². The first-order valence-electron chi connectivity index (χ1n) is 14.9. The van der Waals surface area contributed by atoms with Crippen molar-refractivity contribution < 1.29 is 29.0 Å². The maximum Gasteiger partial charge on any atom is 0.408 e. The van der Waals surface area contributed by atoms with E-state index in [1.807, 2.05) is 39.0 Å². The van der Waals surface area contributed by atoms with Gasteiger partial charge in [0.25, 0.3) is 5.91 Å². The van der Waals surface area contributed by atoms with Crippen molar-refractivity contribution in [2.24, 2.45) is 0 Å². The number of carbonyl (C=O) groups excluding carboxylic acids is 3. The summed E-state index contributed by atoms with van der Waals surface area (Å²) in [6.07, 6.45) is 0.810. The molecule has 44 heavy (non-hydrogen) atoms. The monoisotopic (exact) mass is 603 g/mol. The summed E-state index contributed by atoms with van der Waals surface area (Å²) in [5.74, 6) is -0.0569. The summed E-state index contributed by atoms with van der Waals surface area (Å²) < 4.78 is 10.8. The molecule has 0 aliphatic heterocycles. The lowest BCUT2D eigenvalue weighted by Gasteiger charge is -2.36. The van der Waals surface area contributed by atoms with E-state index in [0.717, 1.165) is 28.7 Å². The fourth-order valence-corrected chi connectivity index (χ4v) is 4.98. The first-order chi connectivity index (χ1) is 20.8. The molecule has 0 bridgehead atoms. The largest absolute Gasteiger partial charge is 0.508 e. The van der Waals surface area contributed by atoms with Gasteiger partial charge in [0.15, 0.2) is 0 Å². The van der Waals surface area contributed by atoms with Gasteiger partial charge in [0.1, 0.15) is 29.2 Å². The van der Waals surface area contributed by atoms with Gasteiger partial charge < -0.3 is 30.1 Å². The van der Waals surface area contributed by atoms with Crippen molar-refractivity contribution in [3.63, 3.8) is 0 Å². The summed E-state index contributed by atoms with van der Waals surface area (Å²) in [6, 6.07) is 17.2. The van der Waals surface area contributed by atoms with Crippen molar-refractivity contribution in [3.8, 4) is 11.5 Å². The van der Waals surface area contributed by atoms with Gasteiger partial charge in [-0.1, -0.05) is 43.7 Å². The lowest BCUT2D eigenvalue weighted by Crippen LogP contribution is -2.53. The molecule has 0 saturated heterocycles. The number of phenols is 1. The summed E-state index contributed by atoms with van der Waals surface area (Å²) in [4.78, 5) is 43.4. The highest BCUT2D eigenvalue weighted by molar-refractivity contribution is 5.99. The van der Waals surface area contributed by atoms with Crippen LogP contribution >= 0.6 is 0 Å². The second kappa shape index (κ2) is 15.3. The average molecular weight is 604 g/mol. The molecular weight excluding hydrogens is 558 g/mol. The molecule has 0 aliphatic rings. The number of hydrogen-bond acceptors (Lipinski definition) is 6. The number of hydrogen-bond donors (Lipinski definition) is 3. The number of alkyl carbamates (subject to hydrolysis) is 1. The average Bonchev–Trinajstić information content (AvgIpc) is 2.96. The van der Waals surface area contributed by atoms with Crippen molar-refractivity contribution in [1.29, 1.82) is 0 Å². The number of amides is 3. The smallest absolute Gasteiger partial charge is 0.408 e. The Bertz CT molecular complexity index is 1390. The van der Waals surface area contributed by atoms with E-state index in [1.54, 1.807) is 69.2 Å². The quantitative estimate of drug-likeness (QED) is 0.219. The lowest BCUT2D eigenvalue weighted by molar-refractivity contribution is -0.140. The summed E-state index contributed by atoms with van der Waals surface area (Å²) in [5.41, 5.74) is 2.95. The molecule has 236 valence electrons. The van der Waals surface area contributed by atoms with Gasteiger partial charge in [-0.2, -0.15) is 0 Å². The van der Waals surface area contributed by atoms with Crippen LogP contribution in [0.2, 0.25) is 0 Å². The highest BCUT2D eigenvalue weighted by Gasteiger charge is 2.37. The van der Waals surface area contributed by atoms with Crippen LogP contribution in [0.3, 0.4) is 0 Å². The van der Waals surface area contributed by atoms with Gasteiger partial charge >= 0.3 is 6.09 Å². The number of benzene rings is 3. The fourth-order valence-electron chi connectivity index (χ4n) is 4.98. The van der Waals surface area contributed by atoms with Crippen LogP contribution in [0.4, 0.5) is 10.5 Å². The van der Waals surface area contributed by atoms with E-state index in [0.29, 0.717) is 17.9 Å². The number of aromatic hydroxyl groups is 1. The third-order valence-electron chi connectivity index (χ3n) is 7.13. The predicted octanol–water partition coefficient (Wildman–Crippen LogP) is 6.46. The minimum Gasteiger partial charge on any atom is -0.508 e. The summed E-state index contributed by atoms with van der Waals surface area (Å²) in [7, 11) is 1.57. The van der Waals surface area contributed by atoms with Crippen LogP contribution in [-0.4, -0.2) is 53.2 Å². The molecule has 9 nitrogen and oxygen atoms in total. The van der Waals surface area contributed by atoms with Gasteiger partial charge in [-0.3, -0.25) is 9.59 Å². The zero-order chi connectivity index (χ0) is 32.4. The van der Waals surface area contributed by atoms with Crippen LogP contribution in [0, 0.1) is 13.8 Å². The Balaban J connectivity index is 2.10.